The van der Waals surface area contributed by atoms with E-state index in [9.17, 15) is 5.11 Å². The Morgan fingerprint density at radius 2 is 2.20 bits per heavy atom. The van der Waals surface area contributed by atoms with Crippen molar-refractivity contribution in [1.82, 2.24) is 0 Å². The maximum absolute atomic E-state index is 9.39. The Kier molecular flexibility index (Phi) is 2.61. The molecule has 0 fully saturated rings. The Morgan fingerprint density at radius 3 is 2.70 bits per heavy atom. The number of halogens is 1. The molecule has 1 aliphatic carbocycles. The van der Waals surface area contributed by atoms with Crippen molar-refractivity contribution in [3.63, 3.8) is 0 Å². The third-order valence-electron chi connectivity index (χ3n) is 2.08. The highest BCUT2D eigenvalue weighted by Gasteiger charge is 2.21. The van der Waals surface area contributed by atoms with Gasteiger partial charge in [0.25, 0.3) is 0 Å². The quantitative estimate of drug-likeness (QED) is 0.519. The molecule has 0 saturated carbocycles. The van der Waals surface area contributed by atoms with E-state index in [2.05, 4.69) is 29.5 Å². The molecule has 1 nitrogen and oxygen atoms in total. The minimum Gasteiger partial charge on any atom is -0.512 e. The van der Waals surface area contributed by atoms with Crippen molar-refractivity contribution in [2.45, 2.75) is 30.6 Å². The Labute approximate surface area is 75.7 Å². The molecule has 1 rings (SSSR count). The average Bonchev–Trinajstić information content (AvgIpc) is 1.82. The molecule has 0 aromatic rings. The molecule has 2 heteroatoms. The van der Waals surface area contributed by atoms with Crippen molar-refractivity contribution in [2.24, 2.45) is 5.92 Å². The summed E-state index contributed by atoms with van der Waals surface area (Å²) in [5.74, 6) is 1.28. The van der Waals surface area contributed by atoms with Crippen molar-refractivity contribution in [3.05, 3.63) is 11.3 Å². The van der Waals surface area contributed by atoms with Crippen LogP contribution in [0.1, 0.15) is 26.7 Å². The molecule has 1 aliphatic rings. The lowest BCUT2D eigenvalue weighted by Crippen LogP contribution is -2.15. The Morgan fingerprint density at radius 1 is 1.60 bits per heavy atom. The van der Waals surface area contributed by atoms with Crippen LogP contribution in [0.3, 0.4) is 0 Å². The fraction of sp³-hybridized carbons (Fsp3) is 0.750. The van der Waals surface area contributed by atoms with Crippen LogP contribution in [-0.2, 0) is 0 Å². The Hall–Kier alpha value is 0.270. The molecule has 0 aromatic carbocycles. The van der Waals surface area contributed by atoms with Crippen molar-refractivity contribution in [3.8, 4) is 0 Å². The van der Waals surface area contributed by atoms with Crippen LogP contribution in [0.25, 0.3) is 0 Å². The van der Waals surface area contributed by atoms with E-state index >= 15 is 0 Å². The van der Waals surface area contributed by atoms with Gasteiger partial charge in [-0.2, -0.15) is 0 Å². The number of alkyl halides is 1. The van der Waals surface area contributed by atoms with Crippen LogP contribution < -0.4 is 0 Å². The number of hydrogen-bond donors (Lipinski definition) is 1. The largest absolute Gasteiger partial charge is 0.512 e. The van der Waals surface area contributed by atoms with E-state index in [-0.39, 0.29) is 0 Å². The van der Waals surface area contributed by atoms with E-state index in [0.717, 1.165) is 6.42 Å². The van der Waals surface area contributed by atoms with Crippen molar-refractivity contribution < 1.29 is 5.11 Å². The minimum absolute atomic E-state index is 0.557. The summed E-state index contributed by atoms with van der Waals surface area (Å²) in [6, 6.07) is 0. The predicted octanol–water partition coefficient (Wildman–Crippen LogP) is 3.05. The maximum Gasteiger partial charge on any atom is 0.0925 e. The molecule has 58 valence electrons. The van der Waals surface area contributed by atoms with Gasteiger partial charge in [-0.25, -0.2) is 0 Å². The van der Waals surface area contributed by atoms with Crippen LogP contribution in [0.2, 0.25) is 0 Å². The number of rotatable bonds is 0. The fourth-order valence-electron chi connectivity index (χ4n) is 1.29. The van der Waals surface area contributed by atoms with Gasteiger partial charge in [-0.15, -0.1) is 0 Å². The second kappa shape index (κ2) is 3.11. The molecule has 10 heavy (non-hydrogen) atoms. The normalized spacial score (nSPS) is 34.7. The monoisotopic (exact) mass is 252 g/mol. The molecule has 0 spiro atoms. The van der Waals surface area contributed by atoms with E-state index in [1.54, 1.807) is 0 Å². The van der Waals surface area contributed by atoms with Gasteiger partial charge < -0.3 is 5.11 Å². The number of hydrogen-bond acceptors (Lipinski definition) is 1. The molecule has 1 unspecified atom stereocenters. The molecule has 0 bridgehead atoms. The second-order valence-electron chi connectivity index (χ2n) is 3.14. The highest BCUT2D eigenvalue weighted by molar-refractivity contribution is 14.1. The van der Waals surface area contributed by atoms with E-state index in [1.165, 1.54) is 12.0 Å². The molecular formula is C8H13IO. The molecule has 0 aliphatic heterocycles. The van der Waals surface area contributed by atoms with Gasteiger partial charge in [0, 0.05) is 10.3 Å². The van der Waals surface area contributed by atoms with Gasteiger partial charge in [0.1, 0.15) is 0 Å². The molecule has 2 atom stereocenters. The molecule has 1 N–H and O–H groups in total. The van der Waals surface area contributed by atoms with E-state index in [0.29, 0.717) is 15.6 Å². The summed E-state index contributed by atoms with van der Waals surface area (Å²) in [6.45, 7) is 4.21. The number of aliphatic hydroxyl groups excluding tert-OH is 1. The third-order valence-corrected chi connectivity index (χ3v) is 3.52. The fourth-order valence-corrected chi connectivity index (χ4v) is 2.51. The molecule has 0 aromatic heterocycles. The average molecular weight is 252 g/mol. The molecule has 0 heterocycles. The molecule has 0 amide bonds. The molecular weight excluding hydrogens is 239 g/mol. The SMILES string of the molecule is CC1=C(O)C[C@H](C)CC1I. The van der Waals surface area contributed by atoms with E-state index < -0.39 is 0 Å². The highest BCUT2D eigenvalue weighted by atomic mass is 127. The summed E-state index contributed by atoms with van der Waals surface area (Å²) in [6.07, 6.45) is 2.10. The van der Waals surface area contributed by atoms with Crippen LogP contribution in [0.5, 0.6) is 0 Å². The Balaban J connectivity index is 2.74. The third kappa shape index (κ3) is 1.65. The first-order valence-electron chi connectivity index (χ1n) is 3.64. The lowest BCUT2D eigenvalue weighted by molar-refractivity contribution is 0.327. The van der Waals surface area contributed by atoms with E-state index in [4.69, 9.17) is 0 Å². The topological polar surface area (TPSA) is 20.2 Å². The van der Waals surface area contributed by atoms with Gasteiger partial charge in [-0.3, -0.25) is 0 Å². The van der Waals surface area contributed by atoms with Gasteiger partial charge >= 0.3 is 0 Å². The van der Waals surface area contributed by atoms with Crippen molar-refractivity contribution in [2.75, 3.05) is 0 Å². The van der Waals surface area contributed by atoms with Gasteiger partial charge in [0.15, 0.2) is 0 Å². The highest BCUT2D eigenvalue weighted by Crippen LogP contribution is 2.32. The van der Waals surface area contributed by atoms with Crippen molar-refractivity contribution >= 4 is 22.6 Å². The van der Waals surface area contributed by atoms with Gasteiger partial charge in [-0.1, -0.05) is 29.5 Å². The van der Waals surface area contributed by atoms with Crippen molar-refractivity contribution in [1.29, 1.82) is 0 Å². The summed E-state index contributed by atoms with van der Waals surface area (Å²) >= 11 is 2.40. The van der Waals surface area contributed by atoms with E-state index in [1.807, 2.05) is 6.92 Å². The minimum atomic E-state index is 0.557. The van der Waals surface area contributed by atoms with Crippen LogP contribution in [0, 0.1) is 5.92 Å². The lowest BCUT2D eigenvalue weighted by Gasteiger charge is -2.23. The summed E-state index contributed by atoms with van der Waals surface area (Å²) in [4.78, 5) is 0. The first-order chi connectivity index (χ1) is 4.61. The Bertz CT molecular complexity index is 163. The van der Waals surface area contributed by atoms with Gasteiger partial charge in [0.2, 0.25) is 0 Å². The molecule has 0 radical (unpaired) electrons. The summed E-state index contributed by atoms with van der Waals surface area (Å²) in [5.41, 5.74) is 1.18. The standard InChI is InChI=1S/C8H13IO/c1-5-3-7(9)6(2)8(10)4-5/h5,7,10H,3-4H2,1-2H3/t5-,7?/m1/s1. The van der Waals surface area contributed by atoms with Crippen LogP contribution in [0.15, 0.2) is 11.3 Å². The summed E-state index contributed by atoms with van der Waals surface area (Å²) in [5, 5.41) is 9.39. The first-order valence-corrected chi connectivity index (χ1v) is 4.88. The van der Waals surface area contributed by atoms with Gasteiger partial charge in [0.05, 0.1) is 5.76 Å². The maximum atomic E-state index is 9.39. The van der Waals surface area contributed by atoms with Crippen LogP contribution in [-0.4, -0.2) is 9.03 Å². The zero-order valence-electron chi connectivity index (χ0n) is 6.39. The number of allylic oxidation sites excluding steroid dienone is 2. The van der Waals surface area contributed by atoms with Crippen LogP contribution in [0.4, 0.5) is 0 Å². The second-order valence-corrected chi connectivity index (χ2v) is 4.65. The number of aliphatic hydroxyl groups is 1. The molecule has 0 saturated heterocycles. The zero-order chi connectivity index (χ0) is 7.72. The predicted molar refractivity (Wildman–Crippen MR) is 51.5 cm³/mol. The van der Waals surface area contributed by atoms with Gasteiger partial charge in [-0.05, 0) is 24.8 Å². The lowest BCUT2D eigenvalue weighted by atomic mass is 9.90. The smallest absolute Gasteiger partial charge is 0.0925 e. The zero-order valence-corrected chi connectivity index (χ0v) is 8.55. The first kappa shape index (κ1) is 8.37. The summed E-state index contributed by atoms with van der Waals surface area (Å²) in [7, 11) is 0. The summed E-state index contributed by atoms with van der Waals surface area (Å²) < 4.78 is 0.557. The van der Waals surface area contributed by atoms with Crippen LogP contribution >= 0.6 is 22.6 Å².